The molecule has 0 fully saturated rings. The summed E-state index contributed by atoms with van der Waals surface area (Å²) >= 11 is 6.23. The average Bonchev–Trinajstić information content (AvgIpc) is 2.95. The summed E-state index contributed by atoms with van der Waals surface area (Å²) in [5.41, 5.74) is -1.31. The topological polar surface area (TPSA) is 86.8 Å². The predicted octanol–water partition coefficient (Wildman–Crippen LogP) is 6.03. The molecule has 1 N–H and O–H groups in total. The molecule has 0 saturated carbocycles. The first-order valence-corrected chi connectivity index (χ1v) is 14.8. The number of anilines is 1. The molecule has 2 amide bonds. The van der Waals surface area contributed by atoms with Gasteiger partial charge in [0, 0.05) is 12.6 Å². The van der Waals surface area contributed by atoms with Crippen LogP contribution in [-0.4, -0.2) is 43.8 Å². The van der Waals surface area contributed by atoms with Crippen molar-refractivity contribution < 1.29 is 35.6 Å². The Bertz CT molecular complexity index is 1500. The third kappa shape index (κ3) is 8.01. The minimum Gasteiger partial charge on any atom is -0.352 e. The number of hydrogen-bond acceptors (Lipinski definition) is 4. The first kappa shape index (κ1) is 32.9. The second kappa shape index (κ2) is 13.6. The molecule has 2 atom stereocenters. The van der Waals surface area contributed by atoms with Gasteiger partial charge in [-0.2, -0.15) is 13.2 Å². The maximum Gasteiger partial charge on any atom is 0.416 e. The van der Waals surface area contributed by atoms with E-state index in [0.29, 0.717) is 28.4 Å². The Hall–Kier alpha value is -3.64. The maximum absolute atomic E-state index is 13.9. The second-order valence-electron chi connectivity index (χ2n) is 9.63. The molecule has 3 rings (SSSR count). The highest BCUT2D eigenvalue weighted by atomic mass is 35.5. The highest BCUT2D eigenvalue weighted by Crippen LogP contribution is 2.37. The highest BCUT2D eigenvalue weighted by molar-refractivity contribution is 7.92. The van der Waals surface area contributed by atoms with Crippen LogP contribution in [-0.2, 0) is 32.3 Å². The normalized spacial score (nSPS) is 13.2. The van der Waals surface area contributed by atoms with Gasteiger partial charge in [-0.05, 0) is 68.3 Å². The van der Waals surface area contributed by atoms with Gasteiger partial charge in [0.05, 0.1) is 21.2 Å². The zero-order valence-corrected chi connectivity index (χ0v) is 24.6. The van der Waals surface area contributed by atoms with E-state index < -0.39 is 57.7 Å². The fourth-order valence-electron chi connectivity index (χ4n) is 3.95. The zero-order chi connectivity index (χ0) is 31.2. The first-order valence-electron chi connectivity index (χ1n) is 12.9. The summed E-state index contributed by atoms with van der Waals surface area (Å²) in [5, 5.41) is 2.42. The van der Waals surface area contributed by atoms with E-state index in [9.17, 15) is 35.6 Å². The molecular formula is C29H30ClF4N3O4S. The summed E-state index contributed by atoms with van der Waals surface area (Å²) < 4.78 is 82.5. The van der Waals surface area contributed by atoms with Gasteiger partial charge in [0.2, 0.25) is 11.8 Å². The van der Waals surface area contributed by atoms with Crippen LogP contribution in [0.3, 0.4) is 0 Å². The number of halogens is 5. The van der Waals surface area contributed by atoms with Crippen LogP contribution in [0.5, 0.6) is 0 Å². The molecule has 0 spiro atoms. The van der Waals surface area contributed by atoms with Crippen molar-refractivity contribution >= 4 is 39.1 Å². The summed E-state index contributed by atoms with van der Waals surface area (Å²) in [6, 6.07) is 12.8. The fourth-order valence-corrected chi connectivity index (χ4v) is 5.66. The number of sulfonamides is 1. The van der Waals surface area contributed by atoms with E-state index in [1.165, 1.54) is 43.3 Å². The zero-order valence-electron chi connectivity index (χ0n) is 23.0. The molecule has 0 radical (unpaired) electrons. The molecule has 3 aromatic carbocycles. The van der Waals surface area contributed by atoms with Crippen LogP contribution in [0.25, 0.3) is 0 Å². The molecule has 13 heteroatoms. The van der Waals surface area contributed by atoms with Crippen molar-refractivity contribution in [3.05, 3.63) is 94.8 Å². The number of alkyl halides is 3. The Morgan fingerprint density at radius 1 is 0.976 bits per heavy atom. The number of nitrogens with zero attached hydrogens (tertiary/aromatic N) is 2. The summed E-state index contributed by atoms with van der Waals surface area (Å²) in [4.78, 5) is 27.7. The van der Waals surface area contributed by atoms with Crippen LogP contribution in [0.15, 0.2) is 77.7 Å². The van der Waals surface area contributed by atoms with E-state index in [0.717, 1.165) is 23.1 Å². The van der Waals surface area contributed by atoms with Crippen molar-refractivity contribution in [3.8, 4) is 0 Å². The molecule has 226 valence electrons. The smallest absolute Gasteiger partial charge is 0.352 e. The van der Waals surface area contributed by atoms with Gasteiger partial charge in [-0.25, -0.2) is 12.8 Å². The van der Waals surface area contributed by atoms with E-state index in [1.54, 1.807) is 13.0 Å². The Morgan fingerprint density at radius 2 is 1.60 bits per heavy atom. The van der Waals surface area contributed by atoms with Crippen LogP contribution in [0, 0.1) is 5.82 Å². The monoisotopic (exact) mass is 627 g/mol. The molecule has 0 aliphatic rings. The van der Waals surface area contributed by atoms with Gasteiger partial charge in [-0.3, -0.25) is 13.9 Å². The molecule has 3 aromatic rings. The minimum absolute atomic E-state index is 0.218. The van der Waals surface area contributed by atoms with Gasteiger partial charge >= 0.3 is 6.18 Å². The maximum atomic E-state index is 13.9. The van der Waals surface area contributed by atoms with Crippen molar-refractivity contribution in [2.24, 2.45) is 0 Å². The van der Waals surface area contributed by atoms with Crippen LogP contribution >= 0.6 is 11.6 Å². The standard InChI is InChI=1S/C29H30ClF4N3O4S/c1-4-19(2)35-28(39)20(3)36(17-21-10-13-23(31)14-11-21)27(38)18-37(42(40,41)24-8-6-5-7-9-24)26-16-22(29(32,33)34)12-15-25(26)30/h5-16,19-20H,4,17-18H2,1-3H3,(H,35,39). The number of amides is 2. The van der Waals surface area contributed by atoms with Crippen molar-refractivity contribution in [2.75, 3.05) is 10.8 Å². The van der Waals surface area contributed by atoms with Gasteiger partial charge in [0.25, 0.3) is 10.0 Å². The molecule has 0 heterocycles. The third-order valence-corrected chi connectivity index (χ3v) is 8.68. The molecule has 0 aliphatic carbocycles. The van der Waals surface area contributed by atoms with Gasteiger partial charge in [0.1, 0.15) is 18.4 Å². The van der Waals surface area contributed by atoms with E-state index in [-0.39, 0.29) is 22.5 Å². The Morgan fingerprint density at radius 3 is 2.17 bits per heavy atom. The first-order chi connectivity index (χ1) is 19.6. The summed E-state index contributed by atoms with van der Waals surface area (Å²) in [6.45, 7) is 3.85. The number of nitrogens with one attached hydrogen (secondary N) is 1. The quantitative estimate of drug-likeness (QED) is 0.263. The van der Waals surface area contributed by atoms with Gasteiger partial charge in [-0.15, -0.1) is 0 Å². The number of carbonyl (C=O) groups excluding carboxylic acids is 2. The van der Waals surface area contributed by atoms with E-state index >= 15 is 0 Å². The molecule has 2 unspecified atom stereocenters. The fraction of sp³-hybridized carbons (Fsp3) is 0.310. The summed E-state index contributed by atoms with van der Waals surface area (Å²) in [6.07, 6.45) is -4.23. The van der Waals surface area contributed by atoms with Crippen molar-refractivity contribution in [1.82, 2.24) is 10.2 Å². The summed E-state index contributed by atoms with van der Waals surface area (Å²) in [7, 11) is -4.63. The number of benzene rings is 3. The van der Waals surface area contributed by atoms with Crippen LogP contribution in [0.2, 0.25) is 5.02 Å². The molecule has 0 aromatic heterocycles. The van der Waals surface area contributed by atoms with Crippen LogP contribution in [0.1, 0.15) is 38.3 Å². The predicted molar refractivity (Wildman–Crippen MR) is 152 cm³/mol. The molecular weight excluding hydrogens is 598 g/mol. The molecule has 0 saturated heterocycles. The van der Waals surface area contributed by atoms with Gasteiger partial charge in [0.15, 0.2) is 0 Å². The van der Waals surface area contributed by atoms with E-state index in [1.807, 2.05) is 6.92 Å². The number of rotatable bonds is 11. The highest BCUT2D eigenvalue weighted by Gasteiger charge is 2.36. The lowest BCUT2D eigenvalue weighted by Crippen LogP contribution is -2.52. The molecule has 42 heavy (non-hydrogen) atoms. The van der Waals surface area contributed by atoms with Gasteiger partial charge in [-0.1, -0.05) is 48.9 Å². The Balaban J connectivity index is 2.11. The average molecular weight is 628 g/mol. The Labute approximate surface area is 247 Å². The number of hydrogen-bond donors (Lipinski definition) is 1. The molecule has 0 bridgehead atoms. The lowest BCUT2D eigenvalue weighted by molar-refractivity contribution is -0.139. The molecule has 7 nitrogen and oxygen atoms in total. The minimum atomic E-state index is -4.83. The lowest BCUT2D eigenvalue weighted by atomic mass is 10.1. The van der Waals surface area contributed by atoms with Crippen molar-refractivity contribution in [1.29, 1.82) is 0 Å². The third-order valence-electron chi connectivity index (χ3n) is 6.59. The lowest BCUT2D eigenvalue weighted by Gasteiger charge is -2.33. The Kier molecular flexibility index (Phi) is 10.6. The SMILES string of the molecule is CCC(C)NC(=O)C(C)N(Cc1ccc(F)cc1)C(=O)CN(c1cc(C(F)(F)F)ccc1Cl)S(=O)(=O)c1ccccc1. The molecule has 0 aliphatic heterocycles. The second-order valence-corrected chi connectivity index (χ2v) is 11.9. The van der Waals surface area contributed by atoms with Crippen molar-refractivity contribution in [3.63, 3.8) is 0 Å². The number of carbonyl (C=O) groups is 2. The van der Waals surface area contributed by atoms with Crippen LogP contribution in [0.4, 0.5) is 23.2 Å². The summed E-state index contributed by atoms with van der Waals surface area (Å²) in [5.74, 6) is -1.97. The van der Waals surface area contributed by atoms with E-state index in [4.69, 9.17) is 11.6 Å². The van der Waals surface area contributed by atoms with Crippen LogP contribution < -0.4 is 9.62 Å². The van der Waals surface area contributed by atoms with Gasteiger partial charge < -0.3 is 10.2 Å². The largest absolute Gasteiger partial charge is 0.416 e. The van der Waals surface area contributed by atoms with Crippen molar-refractivity contribution in [2.45, 2.75) is 56.9 Å². The van der Waals surface area contributed by atoms with E-state index in [2.05, 4.69) is 5.32 Å².